The summed E-state index contributed by atoms with van der Waals surface area (Å²) in [6.45, 7) is 6.53. The summed E-state index contributed by atoms with van der Waals surface area (Å²) in [4.78, 5) is 15.1. The molecule has 0 saturated carbocycles. The lowest BCUT2D eigenvalue weighted by molar-refractivity contribution is -0.138. The van der Waals surface area contributed by atoms with Crippen LogP contribution in [0, 0.1) is 0 Å². The number of nitrogens with zero attached hydrogens (tertiary/aromatic N) is 1. The molecule has 0 unspecified atom stereocenters. The van der Waals surface area contributed by atoms with Crippen molar-refractivity contribution in [2.24, 2.45) is 0 Å². The van der Waals surface area contributed by atoms with Crippen molar-refractivity contribution in [2.75, 3.05) is 19.0 Å². The minimum Gasteiger partial charge on any atom is -0.468 e. The lowest BCUT2D eigenvalue weighted by Crippen LogP contribution is -2.16. The van der Waals surface area contributed by atoms with Gasteiger partial charge in [0.05, 0.1) is 7.11 Å². The fourth-order valence-corrected chi connectivity index (χ4v) is 1.18. The van der Waals surface area contributed by atoms with Crippen molar-refractivity contribution in [1.82, 2.24) is 4.98 Å². The average molecular weight is 222 g/mol. The molecule has 88 valence electrons. The number of ether oxygens (including phenoxy) is 1. The predicted octanol–water partition coefficient (Wildman–Crippen LogP) is 1.96. The Morgan fingerprint density at radius 3 is 2.56 bits per heavy atom. The Morgan fingerprint density at radius 2 is 2.12 bits per heavy atom. The number of esters is 1. The molecule has 0 aliphatic carbocycles. The van der Waals surface area contributed by atoms with Gasteiger partial charge in [-0.05, 0) is 17.0 Å². The van der Waals surface area contributed by atoms with Crippen molar-refractivity contribution < 1.29 is 9.53 Å². The Kier molecular flexibility index (Phi) is 3.88. The molecule has 0 atom stereocenters. The monoisotopic (exact) mass is 222 g/mol. The van der Waals surface area contributed by atoms with Crippen molar-refractivity contribution in [1.29, 1.82) is 0 Å². The van der Waals surface area contributed by atoms with Crippen molar-refractivity contribution in [3.63, 3.8) is 0 Å². The van der Waals surface area contributed by atoms with Crippen molar-refractivity contribution in [2.45, 2.75) is 26.2 Å². The predicted molar refractivity (Wildman–Crippen MR) is 63.4 cm³/mol. The molecule has 0 radical (unpaired) electrons. The summed E-state index contributed by atoms with van der Waals surface area (Å²) in [5.41, 5.74) is 1.25. The molecular formula is C12H18N2O2. The van der Waals surface area contributed by atoms with Crippen LogP contribution in [0.1, 0.15) is 26.3 Å². The van der Waals surface area contributed by atoms with Crippen LogP contribution in [0.25, 0.3) is 0 Å². The first-order valence-corrected chi connectivity index (χ1v) is 5.20. The fraction of sp³-hybridized carbons (Fsp3) is 0.500. The molecule has 1 N–H and O–H groups in total. The van der Waals surface area contributed by atoms with Gasteiger partial charge in [0.1, 0.15) is 12.4 Å². The van der Waals surface area contributed by atoms with Gasteiger partial charge in [0.2, 0.25) is 0 Å². The molecule has 0 saturated heterocycles. The Bertz CT molecular complexity index is 352. The van der Waals surface area contributed by atoms with Crippen LogP contribution in [-0.2, 0) is 14.9 Å². The zero-order valence-electron chi connectivity index (χ0n) is 10.2. The normalized spacial score (nSPS) is 11.0. The topological polar surface area (TPSA) is 51.2 Å². The highest BCUT2D eigenvalue weighted by molar-refractivity contribution is 5.74. The van der Waals surface area contributed by atoms with Crippen LogP contribution in [0.5, 0.6) is 0 Å². The number of anilines is 1. The second-order valence-corrected chi connectivity index (χ2v) is 4.61. The summed E-state index contributed by atoms with van der Waals surface area (Å²) in [6.07, 6.45) is 1.82. The van der Waals surface area contributed by atoms with Gasteiger partial charge in [-0.2, -0.15) is 0 Å². The summed E-state index contributed by atoms with van der Waals surface area (Å²) in [5.74, 6) is 0.375. The van der Waals surface area contributed by atoms with Gasteiger partial charge in [-0.3, -0.25) is 4.79 Å². The molecule has 4 nitrogen and oxygen atoms in total. The SMILES string of the molecule is COC(=O)CNc1ccc(C(C)(C)C)cn1. The molecule has 16 heavy (non-hydrogen) atoms. The molecule has 4 heteroatoms. The number of carbonyl (C=O) groups is 1. The van der Waals surface area contributed by atoms with Crippen LogP contribution < -0.4 is 5.32 Å². The van der Waals surface area contributed by atoms with E-state index >= 15 is 0 Å². The molecule has 0 fully saturated rings. The zero-order chi connectivity index (χ0) is 12.2. The van der Waals surface area contributed by atoms with E-state index in [9.17, 15) is 4.79 Å². The molecule has 0 amide bonds. The van der Waals surface area contributed by atoms with E-state index in [0.29, 0.717) is 5.82 Å². The second-order valence-electron chi connectivity index (χ2n) is 4.61. The maximum Gasteiger partial charge on any atom is 0.325 e. The molecule has 0 aliphatic heterocycles. The summed E-state index contributed by atoms with van der Waals surface area (Å²) in [6, 6.07) is 3.87. The third-order valence-electron chi connectivity index (χ3n) is 2.27. The number of pyridine rings is 1. The lowest BCUT2D eigenvalue weighted by Gasteiger charge is -2.18. The van der Waals surface area contributed by atoms with E-state index in [0.717, 1.165) is 5.56 Å². The van der Waals surface area contributed by atoms with Crippen LogP contribution in [-0.4, -0.2) is 24.6 Å². The van der Waals surface area contributed by atoms with E-state index in [1.54, 1.807) is 0 Å². The molecule has 0 spiro atoms. The van der Waals surface area contributed by atoms with Crippen LogP contribution in [0.4, 0.5) is 5.82 Å². The number of carbonyl (C=O) groups excluding carboxylic acids is 1. The zero-order valence-corrected chi connectivity index (χ0v) is 10.2. The summed E-state index contributed by atoms with van der Waals surface area (Å²) in [5, 5.41) is 2.89. The van der Waals surface area contributed by atoms with Crippen molar-refractivity contribution in [3.8, 4) is 0 Å². The van der Waals surface area contributed by atoms with Crippen molar-refractivity contribution in [3.05, 3.63) is 23.9 Å². The van der Waals surface area contributed by atoms with Gasteiger partial charge in [0.15, 0.2) is 0 Å². The molecule has 1 aromatic heterocycles. The quantitative estimate of drug-likeness (QED) is 0.794. The third kappa shape index (κ3) is 3.53. The van der Waals surface area contributed by atoms with Gasteiger partial charge in [-0.25, -0.2) is 4.98 Å². The Hall–Kier alpha value is -1.58. The van der Waals surface area contributed by atoms with E-state index < -0.39 is 0 Å². The van der Waals surface area contributed by atoms with Crippen molar-refractivity contribution >= 4 is 11.8 Å². The first-order valence-electron chi connectivity index (χ1n) is 5.20. The number of rotatable bonds is 3. The lowest BCUT2D eigenvalue weighted by atomic mass is 9.88. The van der Waals surface area contributed by atoms with E-state index in [1.807, 2.05) is 18.3 Å². The standard InChI is InChI=1S/C12H18N2O2/c1-12(2,3)9-5-6-10(13-7-9)14-8-11(15)16-4/h5-7H,8H2,1-4H3,(H,13,14). The van der Waals surface area contributed by atoms with Gasteiger partial charge in [-0.1, -0.05) is 26.8 Å². The maximum atomic E-state index is 10.9. The highest BCUT2D eigenvalue weighted by Gasteiger charge is 2.13. The molecule has 0 aliphatic rings. The van der Waals surface area contributed by atoms with E-state index in [2.05, 4.69) is 35.8 Å². The minimum absolute atomic E-state index is 0.0911. The van der Waals surface area contributed by atoms with Crippen LogP contribution in [0.15, 0.2) is 18.3 Å². The van der Waals surface area contributed by atoms with Crippen LogP contribution in [0.3, 0.4) is 0 Å². The van der Waals surface area contributed by atoms with Crippen LogP contribution >= 0.6 is 0 Å². The minimum atomic E-state index is -0.304. The number of aromatic nitrogens is 1. The molecule has 1 aromatic rings. The van der Waals surface area contributed by atoms with E-state index in [4.69, 9.17) is 0 Å². The maximum absolute atomic E-state index is 10.9. The van der Waals surface area contributed by atoms with Gasteiger partial charge in [0.25, 0.3) is 0 Å². The number of hydrogen-bond donors (Lipinski definition) is 1. The fourth-order valence-electron chi connectivity index (χ4n) is 1.18. The third-order valence-corrected chi connectivity index (χ3v) is 2.27. The first kappa shape index (κ1) is 12.5. The summed E-state index contributed by atoms with van der Waals surface area (Å²) >= 11 is 0. The number of hydrogen-bond acceptors (Lipinski definition) is 4. The van der Waals surface area contributed by atoms with E-state index in [-0.39, 0.29) is 17.9 Å². The molecule has 1 rings (SSSR count). The van der Waals surface area contributed by atoms with Crippen LogP contribution in [0.2, 0.25) is 0 Å². The number of nitrogens with one attached hydrogen (secondary N) is 1. The second kappa shape index (κ2) is 4.96. The summed E-state index contributed by atoms with van der Waals surface area (Å²) in [7, 11) is 1.36. The molecule has 0 aromatic carbocycles. The summed E-state index contributed by atoms with van der Waals surface area (Å²) < 4.78 is 4.52. The van der Waals surface area contributed by atoms with Gasteiger partial charge >= 0.3 is 5.97 Å². The first-order chi connectivity index (χ1) is 7.43. The molecular weight excluding hydrogens is 204 g/mol. The Balaban J connectivity index is 2.62. The highest BCUT2D eigenvalue weighted by Crippen LogP contribution is 2.21. The Morgan fingerprint density at radius 1 is 1.44 bits per heavy atom. The molecule has 1 heterocycles. The van der Waals surface area contributed by atoms with Gasteiger partial charge < -0.3 is 10.1 Å². The average Bonchev–Trinajstić information content (AvgIpc) is 2.25. The molecule has 0 bridgehead atoms. The van der Waals surface area contributed by atoms with E-state index in [1.165, 1.54) is 7.11 Å². The largest absolute Gasteiger partial charge is 0.468 e. The Labute approximate surface area is 96.0 Å². The number of methoxy groups -OCH3 is 1. The highest BCUT2D eigenvalue weighted by atomic mass is 16.5. The smallest absolute Gasteiger partial charge is 0.325 e. The van der Waals surface area contributed by atoms with Gasteiger partial charge in [0, 0.05) is 6.20 Å². The van der Waals surface area contributed by atoms with Gasteiger partial charge in [-0.15, -0.1) is 0 Å².